The minimum absolute atomic E-state index is 0.528. The number of hydrogen-bond acceptors (Lipinski definition) is 7. The van der Waals surface area contributed by atoms with Crippen LogP contribution in [0.5, 0.6) is 0 Å². The second-order valence-corrected chi connectivity index (χ2v) is 7.76. The van der Waals surface area contributed by atoms with E-state index in [-0.39, 0.29) is 0 Å². The monoisotopic (exact) mass is 334 g/mol. The average Bonchev–Trinajstić information content (AvgIpc) is 2.92. The highest BCUT2D eigenvalue weighted by atomic mass is 32.2. The number of rotatable bonds is 7. The van der Waals surface area contributed by atoms with Crippen molar-refractivity contribution in [1.82, 2.24) is 14.6 Å². The Labute approximate surface area is 130 Å². The van der Waals surface area contributed by atoms with E-state index in [4.69, 9.17) is 4.74 Å². The number of hydrogen-bond donors (Lipinski definition) is 1. The maximum atomic E-state index is 11.5. The molecule has 1 aliphatic rings. The van der Waals surface area contributed by atoms with Gasteiger partial charge in [0.2, 0.25) is 10.0 Å². The molecule has 0 amide bonds. The Hall–Kier alpha value is -0.740. The maximum absolute atomic E-state index is 11.5. The van der Waals surface area contributed by atoms with Crippen LogP contribution in [-0.4, -0.2) is 70.4 Å². The predicted molar refractivity (Wildman–Crippen MR) is 84.3 cm³/mol. The molecule has 2 heterocycles. The van der Waals surface area contributed by atoms with Crippen molar-refractivity contribution in [2.24, 2.45) is 0 Å². The van der Waals surface area contributed by atoms with Crippen LogP contribution in [0.15, 0.2) is 5.38 Å². The highest BCUT2D eigenvalue weighted by Gasteiger charge is 2.24. The topological polar surface area (TPSA) is 74.8 Å². The molecule has 0 unspecified atom stereocenters. The first-order valence-corrected chi connectivity index (χ1v) is 9.57. The molecule has 1 N–H and O–H groups in total. The summed E-state index contributed by atoms with van der Waals surface area (Å²) in [6, 6.07) is 0. The summed E-state index contributed by atoms with van der Waals surface area (Å²) in [6.07, 6.45) is 1.26. The number of anilines is 1. The minimum Gasteiger partial charge on any atom is -0.383 e. The zero-order chi connectivity index (χ0) is 15.3. The third kappa shape index (κ3) is 4.89. The second kappa shape index (κ2) is 7.50. The van der Waals surface area contributed by atoms with Gasteiger partial charge in [-0.05, 0) is 0 Å². The molecule has 7 nitrogen and oxygen atoms in total. The first-order valence-electron chi connectivity index (χ1n) is 6.85. The number of thiazole rings is 1. The largest absolute Gasteiger partial charge is 0.383 e. The maximum Gasteiger partial charge on any atom is 0.211 e. The number of piperazine rings is 1. The Balaban J connectivity index is 1.82. The Kier molecular flexibility index (Phi) is 5.94. The van der Waals surface area contributed by atoms with Crippen molar-refractivity contribution in [1.29, 1.82) is 0 Å². The molecule has 1 aliphatic heterocycles. The van der Waals surface area contributed by atoms with Gasteiger partial charge in [0.25, 0.3) is 0 Å². The lowest BCUT2D eigenvalue weighted by Crippen LogP contribution is -2.48. The van der Waals surface area contributed by atoms with Gasteiger partial charge in [-0.3, -0.25) is 0 Å². The molecule has 0 aromatic carbocycles. The number of sulfonamides is 1. The van der Waals surface area contributed by atoms with Gasteiger partial charge in [0.05, 0.1) is 18.6 Å². The predicted octanol–water partition coefficient (Wildman–Crippen LogP) is -0.0393. The van der Waals surface area contributed by atoms with Crippen LogP contribution in [-0.2, 0) is 21.3 Å². The number of methoxy groups -OCH3 is 1. The van der Waals surface area contributed by atoms with E-state index in [1.165, 1.54) is 10.6 Å². The lowest BCUT2D eigenvalue weighted by molar-refractivity contribution is 0.199. The van der Waals surface area contributed by atoms with E-state index in [9.17, 15) is 8.42 Å². The smallest absolute Gasteiger partial charge is 0.211 e. The van der Waals surface area contributed by atoms with Crippen LogP contribution in [0.4, 0.5) is 5.13 Å². The summed E-state index contributed by atoms with van der Waals surface area (Å²) in [5.74, 6) is 0. The molecule has 9 heteroatoms. The van der Waals surface area contributed by atoms with Gasteiger partial charge in [0.1, 0.15) is 0 Å². The fourth-order valence-electron chi connectivity index (χ4n) is 2.12. The molecule has 2 rings (SSSR count). The van der Waals surface area contributed by atoms with E-state index < -0.39 is 10.0 Å². The molecule has 0 radical (unpaired) electrons. The Morgan fingerprint density at radius 3 is 2.71 bits per heavy atom. The van der Waals surface area contributed by atoms with Gasteiger partial charge in [-0.15, -0.1) is 11.3 Å². The fourth-order valence-corrected chi connectivity index (χ4v) is 3.83. The van der Waals surface area contributed by atoms with Crippen molar-refractivity contribution in [3.63, 3.8) is 0 Å². The van der Waals surface area contributed by atoms with Gasteiger partial charge in [0.15, 0.2) is 5.13 Å². The number of ether oxygens (including phenoxy) is 1. The summed E-state index contributed by atoms with van der Waals surface area (Å²) in [6.45, 7) is 4.65. The summed E-state index contributed by atoms with van der Waals surface area (Å²) < 4.78 is 29.5. The zero-order valence-corrected chi connectivity index (χ0v) is 14.0. The third-order valence-corrected chi connectivity index (χ3v) is 5.56. The summed E-state index contributed by atoms with van der Waals surface area (Å²) in [5, 5.41) is 6.26. The molecular formula is C12H22N4O3S2. The Morgan fingerprint density at radius 1 is 1.38 bits per heavy atom. The van der Waals surface area contributed by atoms with Crippen LogP contribution < -0.4 is 10.2 Å². The van der Waals surface area contributed by atoms with E-state index in [1.807, 2.05) is 5.38 Å². The first-order chi connectivity index (χ1) is 10.0. The highest BCUT2D eigenvalue weighted by Crippen LogP contribution is 2.22. The lowest BCUT2D eigenvalue weighted by Gasteiger charge is -2.32. The minimum atomic E-state index is -3.08. The van der Waals surface area contributed by atoms with Crippen LogP contribution >= 0.6 is 11.3 Å². The molecule has 0 saturated carbocycles. The molecular weight excluding hydrogens is 312 g/mol. The SMILES string of the molecule is COCCNCc1csc(N2CCN(S(C)(=O)=O)CC2)n1. The van der Waals surface area contributed by atoms with Gasteiger partial charge in [-0.25, -0.2) is 13.4 Å². The van der Waals surface area contributed by atoms with Crippen molar-refractivity contribution >= 4 is 26.5 Å². The van der Waals surface area contributed by atoms with E-state index in [0.717, 1.165) is 23.9 Å². The number of nitrogens with one attached hydrogen (secondary N) is 1. The molecule has 1 fully saturated rings. The van der Waals surface area contributed by atoms with Gasteiger partial charge in [-0.1, -0.05) is 0 Å². The van der Waals surface area contributed by atoms with Crippen molar-refractivity contribution in [2.45, 2.75) is 6.54 Å². The van der Waals surface area contributed by atoms with E-state index >= 15 is 0 Å². The Bertz CT molecular complexity index is 538. The molecule has 120 valence electrons. The first kappa shape index (κ1) is 16.6. The lowest BCUT2D eigenvalue weighted by atomic mass is 10.4. The van der Waals surface area contributed by atoms with Crippen LogP contribution in [0.1, 0.15) is 5.69 Å². The Morgan fingerprint density at radius 2 is 2.10 bits per heavy atom. The van der Waals surface area contributed by atoms with Gasteiger partial charge in [-0.2, -0.15) is 4.31 Å². The standard InChI is InChI=1S/C12H22N4O3S2/c1-19-8-3-13-9-11-10-20-12(14-11)15-4-6-16(7-5-15)21(2,17)18/h10,13H,3-9H2,1-2H3. The van der Waals surface area contributed by atoms with E-state index in [2.05, 4.69) is 15.2 Å². The molecule has 0 atom stereocenters. The quantitative estimate of drug-likeness (QED) is 0.706. The van der Waals surface area contributed by atoms with Crippen LogP contribution in [0.25, 0.3) is 0 Å². The molecule has 21 heavy (non-hydrogen) atoms. The third-order valence-electron chi connectivity index (χ3n) is 3.31. The van der Waals surface area contributed by atoms with Crippen LogP contribution in [0, 0.1) is 0 Å². The summed E-state index contributed by atoms with van der Waals surface area (Å²) >= 11 is 1.60. The van der Waals surface area contributed by atoms with Crippen molar-refractivity contribution in [3.05, 3.63) is 11.1 Å². The zero-order valence-electron chi connectivity index (χ0n) is 12.4. The molecule has 1 aromatic heterocycles. The van der Waals surface area contributed by atoms with Crippen LogP contribution in [0.2, 0.25) is 0 Å². The van der Waals surface area contributed by atoms with E-state index in [1.54, 1.807) is 18.4 Å². The molecule has 1 saturated heterocycles. The number of nitrogens with zero attached hydrogens (tertiary/aromatic N) is 3. The molecule has 0 aliphatic carbocycles. The van der Waals surface area contributed by atoms with Crippen LogP contribution in [0.3, 0.4) is 0 Å². The molecule has 0 bridgehead atoms. The normalized spacial score (nSPS) is 17.3. The highest BCUT2D eigenvalue weighted by molar-refractivity contribution is 7.88. The average molecular weight is 334 g/mol. The summed E-state index contributed by atoms with van der Waals surface area (Å²) in [4.78, 5) is 6.74. The van der Waals surface area contributed by atoms with E-state index in [0.29, 0.717) is 32.8 Å². The molecule has 0 spiro atoms. The van der Waals surface area contributed by atoms with Gasteiger partial charge < -0.3 is 15.0 Å². The van der Waals surface area contributed by atoms with Crippen molar-refractivity contribution in [2.75, 3.05) is 57.6 Å². The van der Waals surface area contributed by atoms with Gasteiger partial charge >= 0.3 is 0 Å². The summed E-state index contributed by atoms with van der Waals surface area (Å²) in [5.41, 5.74) is 1.01. The fraction of sp³-hybridized carbons (Fsp3) is 0.750. The summed E-state index contributed by atoms with van der Waals surface area (Å²) in [7, 11) is -1.40. The number of aromatic nitrogens is 1. The molecule has 1 aromatic rings. The van der Waals surface area contributed by atoms with Crippen molar-refractivity contribution < 1.29 is 13.2 Å². The second-order valence-electron chi connectivity index (χ2n) is 4.94. The van der Waals surface area contributed by atoms with Crippen molar-refractivity contribution in [3.8, 4) is 0 Å². The van der Waals surface area contributed by atoms with Gasteiger partial charge in [0, 0.05) is 51.8 Å².